The van der Waals surface area contributed by atoms with Crippen LogP contribution >= 0.6 is 0 Å². The van der Waals surface area contributed by atoms with Crippen LogP contribution in [-0.2, 0) is 11.2 Å². The average molecular weight is 315 g/mol. The van der Waals surface area contributed by atoms with Gasteiger partial charge in [-0.25, -0.2) is 0 Å². The van der Waals surface area contributed by atoms with Crippen LogP contribution in [0.2, 0.25) is 0 Å². The standard InChI is InChI=1S/C18H21NO4/c1-21-15-7-4-13(5-8-15)6-9-18(20)19-14-10-16(22-2)12-17(11-14)23-3/h4-5,7-8,10-12H,6,9H2,1-3H3,(H,19,20). The summed E-state index contributed by atoms with van der Waals surface area (Å²) >= 11 is 0. The summed E-state index contributed by atoms with van der Waals surface area (Å²) in [4.78, 5) is 12.1. The average Bonchev–Trinajstić information content (AvgIpc) is 2.60. The van der Waals surface area contributed by atoms with Crippen molar-refractivity contribution >= 4 is 11.6 Å². The zero-order chi connectivity index (χ0) is 16.7. The minimum absolute atomic E-state index is 0.0591. The lowest BCUT2D eigenvalue weighted by molar-refractivity contribution is -0.116. The summed E-state index contributed by atoms with van der Waals surface area (Å²) in [6.07, 6.45) is 1.06. The first kappa shape index (κ1) is 16.7. The lowest BCUT2D eigenvalue weighted by Crippen LogP contribution is -2.12. The van der Waals surface area contributed by atoms with Gasteiger partial charge in [-0.05, 0) is 24.1 Å². The van der Waals surface area contributed by atoms with Gasteiger partial charge in [0.05, 0.1) is 21.3 Å². The van der Waals surface area contributed by atoms with Gasteiger partial charge in [0.1, 0.15) is 17.2 Å². The molecule has 2 rings (SSSR count). The number of hydrogen-bond acceptors (Lipinski definition) is 4. The minimum atomic E-state index is -0.0591. The van der Waals surface area contributed by atoms with Gasteiger partial charge in [-0.3, -0.25) is 4.79 Å². The normalized spacial score (nSPS) is 10.0. The topological polar surface area (TPSA) is 56.8 Å². The molecule has 0 spiro atoms. The Labute approximate surface area is 136 Å². The lowest BCUT2D eigenvalue weighted by atomic mass is 10.1. The Bertz CT molecular complexity index is 630. The van der Waals surface area contributed by atoms with Crippen molar-refractivity contribution in [2.24, 2.45) is 0 Å². The molecule has 0 saturated carbocycles. The number of carbonyl (C=O) groups excluding carboxylic acids is 1. The lowest BCUT2D eigenvalue weighted by Gasteiger charge is -2.10. The Morgan fingerprint density at radius 2 is 1.43 bits per heavy atom. The van der Waals surface area contributed by atoms with E-state index in [2.05, 4.69) is 5.32 Å². The summed E-state index contributed by atoms with van der Waals surface area (Å²) in [6, 6.07) is 13.0. The highest BCUT2D eigenvalue weighted by Gasteiger charge is 2.07. The fourth-order valence-electron chi connectivity index (χ4n) is 2.15. The van der Waals surface area contributed by atoms with Crippen LogP contribution in [0.1, 0.15) is 12.0 Å². The second kappa shape index (κ2) is 8.08. The molecule has 5 nitrogen and oxygen atoms in total. The summed E-state index contributed by atoms with van der Waals surface area (Å²) in [5.41, 5.74) is 1.74. The maximum Gasteiger partial charge on any atom is 0.224 e. The zero-order valence-electron chi connectivity index (χ0n) is 13.6. The summed E-state index contributed by atoms with van der Waals surface area (Å²) in [7, 11) is 4.78. The van der Waals surface area contributed by atoms with E-state index in [0.717, 1.165) is 11.3 Å². The van der Waals surface area contributed by atoms with Crippen LogP contribution in [0.15, 0.2) is 42.5 Å². The maximum absolute atomic E-state index is 12.1. The quantitative estimate of drug-likeness (QED) is 0.852. The van der Waals surface area contributed by atoms with Crippen molar-refractivity contribution in [3.05, 3.63) is 48.0 Å². The van der Waals surface area contributed by atoms with E-state index in [-0.39, 0.29) is 5.91 Å². The number of aryl methyl sites for hydroxylation is 1. The van der Waals surface area contributed by atoms with Gasteiger partial charge in [0.25, 0.3) is 0 Å². The molecule has 2 aromatic carbocycles. The molecule has 5 heteroatoms. The van der Waals surface area contributed by atoms with Gasteiger partial charge in [0, 0.05) is 30.3 Å². The molecule has 0 atom stereocenters. The number of anilines is 1. The van der Waals surface area contributed by atoms with Crippen molar-refractivity contribution in [1.29, 1.82) is 0 Å². The first-order valence-electron chi connectivity index (χ1n) is 7.30. The van der Waals surface area contributed by atoms with Crippen molar-refractivity contribution in [3.63, 3.8) is 0 Å². The zero-order valence-corrected chi connectivity index (χ0v) is 13.6. The second-order valence-electron chi connectivity index (χ2n) is 5.00. The van der Waals surface area contributed by atoms with Crippen LogP contribution in [-0.4, -0.2) is 27.2 Å². The van der Waals surface area contributed by atoms with E-state index in [0.29, 0.717) is 30.0 Å². The first-order chi connectivity index (χ1) is 11.1. The molecule has 23 heavy (non-hydrogen) atoms. The van der Waals surface area contributed by atoms with E-state index in [1.807, 2.05) is 24.3 Å². The van der Waals surface area contributed by atoms with Crippen LogP contribution in [0, 0.1) is 0 Å². The number of hydrogen-bond donors (Lipinski definition) is 1. The van der Waals surface area contributed by atoms with Gasteiger partial charge in [0.2, 0.25) is 5.91 Å². The first-order valence-corrected chi connectivity index (χ1v) is 7.30. The Morgan fingerprint density at radius 3 is 1.96 bits per heavy atom. The number of carbonyl (C=O) groups is 1. The van der Waals surface area contributed by atoms with Gasteiger partial charge < -0.3 is 19.5 Å². The fourth-order valence-corrected chi connectivity index (χ4v) is 2.15. The van der Waals surface area contributed by atoms with E-state index in [4.69, 9.17) is 14.2 Å². The molecule has 0 aliphatic carbocycles. The molecule has 0 bridgehead atoms. The third-order valence-electron chi connectivity index (χ3n) is 3.43. The molecule has 2 aromatic rings. The van der Waals surface area contributed by atoms with Gasteiger partial charge in [0.15, 0.2) is 0 Å². The minimum Gasteiger partial charge on any atom is -0.497 e. The van der Waals surface area contributed by atoms with Gasteiger partial charge in [-0.1, -0.05) is 12.1 Å². The van der Waals surface area contributed by atoms with Crippen molar-refractivity contribution in [2.45, 2.75) is 12.8 Å². The van der Waals surface area contributed by atoms with Crippen molar-refractivity contribution < 1.29 is 19.0 Å². The van der Waals surface area contributed by atoms with E-state index in [9.17, 15) is 4.79 Å². The number of methoxy groups -OCH3 is 3. The van der Waals surface area contributed by atoms with Crippen LogP contribution in [0.4, 0.5) is 5.69 Å². The molecule has 0 aliphatic heterocycles. The summed E-state index contributed by atoms with van der Waals surface area (Å²) < 4.78 is 15.5. The van der Waals surface area contributed by atoms with Crippen LogP contribution < -0.4 is 19.5 Å². The highest BCUT2D eigenvalue weighted by molar-refractivity contribution is 5.91. The monoisotopic (exact) mass is 315 g/mol. The molecule has 1 N–H and O–H groups in total. The van der Waals surface area contributed by atoms with Gasteiger partial charge >= 0.3 is 0 Å². The Balaban J connectivity index is 1.93. The highest BCUT2D eigenvalue weighted by Crippen LogP contribution is 2.25. The second-order valence-corrected chi connectivity index (χ2v) is 5.00. The fraction of sp³-hybridized carbons (Fsp3) is 0.278. The predicted molar refractivity (Wildman–Crippen MR) is 89.5 cm³/mol. The van der Waals surface area contributed by atoms with E-state index >= 15 is 0 Å². The maximum atomic E-state index is 12.1. The Morgan fingerprint density at radius 1 is 0.870 bits per heavy atom. The van der Waals surface area contributed by atoms with E-state index in [1.165, 1.54) is 0 Å². The summed E-state index contributed by atoms with van der Waals surface area (Å²) in [6.45, 7) is 0. The molecule has 1 amide bonds. The third kappa shape index (κ3) is 4.92. The summed E-state index contributed by atoms with van der Waals surface area (Å²) in [5.74, 6) is 2.02. The number of benzene rings is 2. The smallest absolute Gasteiger partial charge is 0.224 e. The largest absolute Gasteiger partial charge is 0.497 e. The van der Waals surface area contributed by atoms with Gasteiger partial charge in [-0.15, -0.1) is 0 Å². The Kier molecular flexibility index (Phi) is 5.86. The van der Waals surface area contributed by atoms with Crippen LogP contribution in [0.3, 0.4) is 0 Å². The molecule has 0 saturated heterocycles. The molecule has 0 fully saturated rings. The molecule has 122 valence electrons. The van der Waals surface area contributed by atoms with Crippen molar-refractivity contribution in [3.8, 4) is 17.2 Å². The molecular weight excluding hydrogens is 294 g/mol. The molecule has 0 aliphatic rings. The third-order valence-corrected chi connectivity index (χ3v) is 3.43. The van der Waals surface area contributed by atoms with Crippen molar-refractivity contribution in [1.82, 2.24) is 0 Å². The van der Waals surface area contributed by atoms with E-state index < -0.39 is 0 Å². The van der Waals surface area contributed by atoms with Crippen LogP contribution in [0.25, 0.3) is 0 Å². The van der Waals surface area contributed by atoms with E-state index in [1.54, 1.807) is 39.5 Å². The molecule has 0 aromatic heterocycles. The van der Waals surface area contributed by atoms with Gasteiger partial charge in [-0.2, -0.15) is 0 Å². The summed E-state index contributed by atoms with van der Waals surface area (Å²) in [5, 5.41) is 2.86. The number of amides is 1. The number of nitrogens with one attached hydrogen (secondary N) is 1. The van der Waals surface area contributed by atoms with Crippen LogP contribution in [0.5, 0.6) is 17.2 Å². The highest BCUT2D eigenvalue weighted by atomic mass is 16.5. The molecule has 0 radical (unpaired) electrons. The SMILES string of the molecule is COc1ccc(CCC(=O)Nc2cc(OC)cc(OC)c2)cc1. The molecular formula is C18H21NO4. The Hall–Kier alpha value is -2.69. The molecule has 0 heterocycles. The molecule has 0 unspecified atom stereocenters. The van der Waals surface area contributed by atoms with Crippen molar-refractivity contribution in [2.75, 3.05) is 26.6 Å². The predicted octanol–water partition coefficient (Wildman–Crippen LogP) is 3.28. The number of rotatable bonds is 7. The number of ether oxygens (including phenoxy) is 3.